The van der Waals surface area contributed by atoms with Crippen LogP contribution >= 0.6 is 0 Å². The molecule has 35 heavy (non-hydrogen) atoms. The maximum absolute atomic E-state index is 13.1. The second kappa shape index (κ2) is 11.1. The molecule has 2 aromatic rings. The van der Waals surface area contributed by atoms with Gasteiger partial charge in [0.1, 0.15) is 0 Å². The Kier molecular flexibility index (Phi) is 8.14. The zero-order chi connectivity index (χ0) is 25.0. The fourth-order valence-corrected chi connectivity index (χ4v) is 6.40. The van der Waals surface area contributed by atoms with Crippen molar-refractivity contribution < 1.29 is 13.2 Å². The molecular formula is C27H38N4O3S. The van der Waals surface area contributed by atoms with E-state index in [4.69, 9.17) is 0 Å². The van der Waals surface area contributed by atoms with E-state index >= 15 is 0 Å². The number of rotatable bonds is 7. The van der Waals surface area contributed by atoms with Crippen molar-refractivity contribution in [2.45, 2.75) is 44.4 Å². The van der Waals surface area contributed by atoms with E-state index in [1.807, 2.05) is 30.3 Å². The van der Waals surface area contributed by atoms with Gasteiger partial charge in [0.05, 0.1) is 16.3 Å². The van der Waals surface area contributed by atoms with Crippen LogP contribution in [-0.4, -0.2) is 69.3 Å². The Bertz CT molecular complexity index is 1100. The highest BCUT2D eigenvalue weighted by Gasteiger charge is 2.32. The van der Waals surface area contributed by atoms with Gasteiger partial charge in [0, 0.05) is 45.2 Å². The Balaban J connectivity index is 1.36. The molecule has 2 aliphatic heterocycles. The standard InChI is InChI=1S/C27H38N4O3S/c1-4-29-17-19-30(20-18-29)26-8-6-5-7-25(26)28-27(32)23-13-15-31(16-14-23)35(33,34)24-11-9-22(10-12-24)21(2)3/h5-12,21,23H,4,13-20H2,1-3H3,(H,28,32). The third kappa shape index (κ3) is 5.88. The van der Waals surface area contributed by atoms with E-state index in [1.165, 1.54) is 4.31 Å². The van der Waals surface area contributed by atoms with Crippen LogP contribution in [0.2, 0.25) is 0 Å². The van der Waals surface area contributed by atoms with Gasteiger partial charge in [0.25, 0.3) is 0 Å². The number of nitrogens with zero attached hydrogens (tertiary/aromatic N) is 3. The number of sulfonamides is 1. The van der Waals surface area contributed by atoms with Gasteiger partial charge in [0.15, 0.2) is 0 Å². The molecule has 190 valence electrons. The molecule has 2 aromatic carbocycles. The van der Waals surface area contributed by atoms with Gasteiger partial charge in [-0.3, -0.25) is 4.79 Å². The van der Waals surface area contributed by atoms with Crippen molar-refractivity contribution in [3.63, 3.8) is 0 Å². The highest BCUT2D eigenvalue weighted by atomic mass is 32.2. The van der Waals surface area contributed by atoms with Crippen molar-refractivity contribution >= 4 is 27.3 Å². The van der Waals surface area contributed by atoms with Crippen molar-refractivity contribution in [2.75, 3.05) is 56.0 Å². The number of hydrogen-bond donors (Lipinski definition) is 1. The number of carbonyl (C=O) groups is 1. The number of para-hydroxylation sites is 2. The number of carbonyl (C=O) groups excluding carboxylic acids is 1. The van der Waals surface area contributed by atoms with E-state index in [2.05, 4.69) is 42.0 Å². The van der Waals surface area contributed by atoms with Gasteiger partial charge in [0.2, 0.25) is 15.9 Å². The second-order valence-electron chi connectivity index (χ2n) is 9.83. The van der Waals surface area contributed by atoms with Crippen molar-refractivity contribution in [1.29, 1.82) is 0 Å². The first-order chi connectivity index (χ1) is 16.8. The second-order valence-corrected chi connectivity index (χ2v) is 11.8. The lowest BCUT2D eigenvalue weighted by atomic mass is 9.97. The minimum Gasteiger partial charge on any atom is -0.367 e. The SMILES string of the molecule is CCN1CCN(c2ccccc2NC(=O)C2CCN(S(=O)(=O)c3ccc(C(C)C)cc3)CC2)CC1. The normalized spacial score (nSPS) is 18.7. The Morgan fingerprint density at radius 3 is 2.17 bits per heavy atom. The number of likely N-dealkylation sites (N-methyl/N-ethyl adjacent to an activating group) is 1. The van der Waals surface area contributed by atoms with Crippen molar-refractivity contribution in [3.8, 4) is 0 Å². The molecule has 1 N–H and O–H groups in total. The molecule has 2 fully saturated rings. The van der Waals surface area contributed by atoms with Crippen LogP contribution in [0.5, 0.6) is 0 Å². The number of nitrogens with one attached hydrogen (secondary N) is 1. The van der Waals surface area contributed by atoms with E-state index in [0.717, 1.165) is 49.7 Å². The van der Waals surface area contributed by atoms with Crippen molar-refractivity contribution in [2.24, 2.45) is 5.92 Å². The zero-order valence-electron chi connectivity index (χ0n) is 21.1. The van der Waals surface area contributed by atoms with Crippen LogP contribution < -0.4 is 10.2 Å². The molecule has 0 saturated carbocycles. The molecule has 7 nitrogen and oxygen atoms in total. The maximum Gasteiger partial charge on any atom is 0.243 e. The molecule has 2 saturated heterocycles. The summed E-state index contributed by atoms with van der Waals surface area (Å²) >= 11 is 0. The van der Waals surface area contributed by atoms with Crippen LogP contribution in [0.15, 0.2) is 53.4 Å². The molecule has 4 rings (SSSR count). The Labute approximate surface area is 210 Å². The smallest absolute Gasteiger partial charge is 0.243 e. The highest BCUT2D eigenvalue weighted by molar-refractivity contribution is 7.89. The van der Waals surface area contributed by atoms with Crippen LogP contribution in [0.25, 0.3) is 0 Å². The maximum atomic E-state index is 13.1. The molecular weight excluding hydrogens is 460 g/mol. The molecule has 0 aromatic heterocycles. The van der Waals surface area contributed by atoms with Crippen LogP contribution in [0.1, 0.15) is 45.1 Å². The fourth-order valence-electron chi connectivity index (χ4n) is 4.93. The summed E-state index contributed by atoms with van der Waals surface area (Å²) in [4.78, 5) is 18.2. The Morgan fingerprint density at radius 1 is 0.943 bits per heavy atom. The molecule has 0 unspecified atom stereocenters. The summed E-state index contributed by atoms with van der Waals surface area (Å²) in [6.07, 6.45) is 1.04. The summed E-state index contributed by atoms with van der Waals surface area (Å²) in [7, 11) is -3.55. The first-order valence-corrected chi connectivity index (χ1v) is 14.2. The molecule has 2 aliphatic rings. The van der Waals surface area contributed by atoms with Crippen LogP contribution in [0.4, 0.5) is 11.4 Å². The monoisotopic (exact) mass is 498 g/mol. The molecule has 0 atom stereocenters. The number of amides is 1. The third-order valence-electron chi connectivity index (χ3n) is 7.33. The summed E-state index contributed by atoms with van der Waals surface area (Å²) in [6, 6.07) is 15.1. The summed E-state index contributed by atoms with van der Waals surface area (Å²) in [5, 5.41) is 3.14. The molecule has 8 heteroatoms. The third-order valence-corrected chi connectivity index (χ3v) is 9.24. The van der Waals surface area contributed by atoms with E-state index in [1.54, 1.807) is 12.1 Å². The van der Waals surface area contributed by atoms with E-state index in [-0.39, 0.29) is 11.8 Å². The lowest BCUT2D eigenvalue weighted by Crippen LogP contribution is -2.46. The first kappa shape index (κ1) is 25.7. The van der Waals surface area contributed by atoms with Crippen LogP contribution in [0.3, 0.4) is 0 Å². The van der Waals surface area contributed by atoms with Gasteiger partial charge in [-0.2, -0.15) is 4.31 Å². The lowest BCUT2D eigenvalue weighted by molar-refractivity contribution is -0.120. The van der Waals surface area contributed by atoms with Gasteiger partial charge < -0.3 is 15.1 Å². The molecule has 0 radical (unpaired) electrons. The van der Waals surface area contributed by atoms with Crippen molar-refractivity contribution in [1.82, 2.24) is 9.21 Å². The number of hydrogen-bond acceptors (Lipinski definition) is 5. The molecule has 0 bridgehead atoms. The summed E-state index contributed by atoms with van der Waals surface area (Å²) in [5.74, 6) is 0.129. The Hall–Kier alpha value is -2.42. The van der Waals surface area contributed by atoms with E-state index in [9.17, 15) is 13.2 Å². The van der Waals surface area contributed by atoms with Gasteiger partial charge in [-0.15, -0.1) is 0 Å². The topological polar surface area (TPSA) is 73.0 Å². The predicted molar refractivity (Wildman–Crippen MR) is 141 cm³/mol. The first-order valence-electron chi connectivity index (χ1n) is 12.8. The summed E-state index contributed by atoms with van der Waals surface area (Å²) in [6.45, 7) is 12.0. The van der Waals surface area contributed by atoms with Crippen LogP contribution in [0, 0.1) is 5.92 Å². The minimum absolute atomic E-state index is 0.0250. The van der Waals surface area contributed by atoms with E-state index < -0.39 is 10.0 Å². The predicted octanol–water partition coefficient (Wildman–Crippen LogP) is 3.99. The van der Waals surface area contributed by atoms with Gasteiger partial charge in [-0.1, -0.05) is 45.0 Å². The minimum atomic E-state index is -3.55. The molecule has 1 amide bonds. The van der Waals surface area contributed by atoms with Gasteiger partial charge in [-0.05, 0) is 55.1 Å². The Morgan fingerprint density at radius 2 is 1.57 bits per heavy atom. The number of anilines is 2. The fraction of sp³-hybridized carbons (Fsp3) is 0.519. The van der Waals surface area contributed by atoms with Gasteiger partial charge in [-0.25, -0.2) is 8.42 Å². The van der Waals surface area contributed by atoms with Gasteiger partial charge >= 0.3 is 0 Å². The quantitative estimate of drug-likeness (QED) is 0.625. The average molecular weight is 499 g/mol. The van der Waals surface area contributed by atoms with Crippen LogP contribution in [-0.2, 0) is 14.8 Å². The summed E-state index contributed by atoms with van der Waals surface area (Å²) < 4.78 is 27.8. The van der Waals surface area contributed by atoms with E-state index in [0.29, 0.717) is 36.7 Å². The number of benzene rings is 2. The summed E-state index contributed by atoms with van der Waals surface area (Å²) in [5.41, 5.74) is 3.01. The molecule has 0 spiro atoms. The highest BCUT2D eigenvalue weighted by Crippen LogP contribution is 2.30. The lowest BCUT2D eigenvalue weighted by Gasteiger charge is -2.36. The number of piperidine rings is 1. The van der Waals surface area contributed by atoms with Crippen molar-refractivity contribution in [3.05, 3.63) is 54.1 Å². The average Bonchev–Trinajstić information content (AvgIpc) is 2.89. The largest absolute Gasteiger partial charge is 0.367 e. The number of piperazine rings is 1. The molecule has 2 heterocycles. The zero-order valence-corrected chi connectivity index (χ0v) is 21.9. The molecule has 0 aliphatic carbocycles.